The van der Waals surface area contributed by atoms with Crippen molar-refractivity contribution in [3.63, 3.8) is 0 Å². The number of carbonyl (C=O) groups excluding carboxylic acids is 1. The van der Waals surface area contributed by atoms with E-state index in [0.29, 0.717) is 24.5 Å². The number of fused-ring (bicyclic) bond motifs is 1. The van der Waals surface area contributed by atoms with Crippen LogP contribution in [0.4, 0.5) is 0 Å². The van der Waals surface area contributed by atoms with Crippen LogP contribution in [0.2, 0.25) is 0 Å². The highest BCUT2D eigenvalue weighted by atomic mass is 35.5. The Bertz CT molecular complexity index is 621. The molecule has 0 saturated carbocycles. The molecule has 0 fully saturated rings. The fourth-order valence-electron chi connectivity index (χ4n) is 1.91. The van der Waals surface area contributed by atoms with Crippen molar-refractivity contribution in [2.24, 2.45) is 0 Å². The largest absolute Gasteiger partial charge is 0.497 e. The zero-order valence-electron chi connectivity index (χ0n) is 12.6. The number of nitrogens with zero attached hydrogens (tertiary/aromatic N) is 1. The van der Waals surface area contributed by atoms with Gasteiger partial charge in [0.15, 0.2) is 0 Å². The van der Waals surface area contributed by atoms with Crippen LogP contribution in [-0.4, -0.2) is 45.2 Å². The maximum atomic E-state index is 12.0. The molecular weight excluding hydrogens is 294 g/mol. The molecule has 0 aliphatic carbocycles. The lowest BCUT2D eigenvalue weighted by atomic mass is 10.1. The van der Waals surface area contributed by atoms with E-state index in [1.807, 2.05) is 38.1 Å². The lowest BCUT2D eigenvalue weighted by molar-refractivity contribution is 0.0447. The zero-order chi connectivity index (χ0) is 14.7. The molecule has 5 nitrogen and oxygen atoms in total. The summed E-state index contributed by atoms with van der Waals surface area (Å²) < 4.78 is 15.9. The van der Waals surface area contributed by atoms with E-state index in [1.54, 1.807) is 13.2 Å². The molecule has 0 unspecified atom stereocenters. The molecule has 0 N–H and O–H groups in total. The normalized spacial score (nSPS) is 10.5. The highest BCUT2D eigenvalue weighted by Crippen LogP contribution is 2.28. The lowest BCUT2D eigenvalue weighted by Gasteiger charge is -2.09. The Morgan fingerprint density at radius 1 is 1.33 bits per heavy atom. The van der Waals surface area contributed by atoms with Crippen LogP contribution in [0.1, 0.15) is 16.1 Å². The van der Waals surface area contributed by atoms with Gasteiger partial charge in [-0.2, -0.15) is 0 Å². The molecule has 0 amide bonds. The first-order valence-corrected chi connectivity index (χ1v) is 6.42. The smallest absolute Gasteiger partial charge is 0.374 e. The van der Waals surface area contributed by atoms with Gasteiger partial charge in [0.25, 0.3) is 0 Å². The van der Waals surface area contributed by atoms with Crippen molar-refractivity contribution in [2.75, 3.05) is 34.4 Å². The third-order valence-corrected chi connectivity index (χ3v) is 3.10. The van der Waals surface area contributed by atoms with Gasteiger partial charge in [0.1, 0.15) is 17.9 Å². The first-order valence-electron chi connectivity index (χ1n) is 6.42. The number of hydrogen-bond donors (Lipinski definition) is 0. The number of rotatable bonds is 5. The minimum Gasteiger partial charge on any atom is -0.497 e. The summed E-state index contributed by atoms with van der Waals surface area (Å²) in [5, 5.41) is 0.894. The summed E-state index contributed by atoms with van der Waals surface area (Å²) >= 11 is 0. The SMILES string of the molecule is COc1ccc2c(C)c(C(=O)OCCN(C)C)oc2c1.Cl. The monoisotopic (exact) mass is 313 g/mol. The van der Waals surface area contributed by atoms with Gasteiger partial charge in [-0.3, -0.25) is 0 Å². The quantitative estimate of drug-likeness (QED) is 0.794. The van der Waals surface area contributed by atoms with E-state index in [2.05, 4.69) is 0 Å². The molecule has 2 aromatic rings. The number of ether oxygens (including phenoxy) is 2. The molecule has 1 aromatic carbocycles. The third-order valence-electron chi connectivity index (χ3n) is 3.10. The zero-order valence-corrected chi connectivity index (χ0v) is 13.5. The molecule has 116 valence electrons. The molecule has 21 heavy (non-hydrogen) atoms. The highest BCUT2D eigenvalue weighted by Gasteiger charge is 2.19. The van der Waals surface area contributed by atoms with E-state index in [4.69, 9.17) is 13.9 Å². The van der Waals surface area contributed by atoms with Crippen LogP contribution in [0.15, 0.2) is 22.6 Å². The second-order valence-electron chi connectivity index (χ2n) is 4.86. The van der Waals surface area contributed by atoms with Crippen molar-refractivity contribution < 1.29 is 18.7 Å². The van der Waals surface area contributed by atoms with Gasteiger partial charge in [0.2, 0.25) is 5.76 Å². The minimum atomic E-state index is -0.431. The molecule has 0 aliphatic heterocycles. The van der Waals surface area contributed by atoms with Crippen LogP contribution in [-0.2, 0) is 4.74 Å². The van der Waals surface area contributed by atoms with Crippen molar-refractivity contribution >= 4 is 29.3 Å². The van der Waals surface area contributed by atoms with Gasteiger partial charge in [-0.15, -0.1) is 12.4 Å². The molecule has 0 atom stereocenters. The maximum absolute atomic E-state index is 12.0. The lowest BCUT2D eigenvalue weighted by Crippen LogP contribution is -2.20. The van der Waals surface area contributed by atoms with Gasteiger partial charge in [0, 0.05) is 23.6 Å². The molecule has 0 saturated heterocycles. The number of furan rings is 1. The van der Waals surface area contributed by atoms with Crippen molar-refractivity contribution in [3.8, 4) is 5.75 Å². The molecule has 0 spiro atoms. The van der Waals surface area contributed by atoms with E-state index < -0.39 is 5.97 Å². The van der Waals surface area contributed by atoms with Crippen molar-refractivity contribution in [1.82, 2.24) is 4.90 Å². The molecule has 6 heteroatoms. The average Bonchev–Trinajstić information content (AvgIpc) is 2.75. The molecule has 1 heterocycles. The predicted octanol–water partition coefficient (Wildman–Crippen LogP) is 2.89. The average molecular weight is 314 g/mol. The summed E-state index contributed by atoms with van der Waals surface area (Å²) in [6.45, 7) is 2.87. The van der Waals surface area contributed by atoms with E-state index in [-0.39, 0.29) is 18.2 Å². The van der Waals surface area contributed by atoms with Gasteiger partial charge in [-0.05, 0) is 33.2 Å². The van der Waals surface area contributed by atoms with Crippen molar-refractivity contribution in [1.29, 1.82) is 0 Å². The number of esters is 1. The fourth-order valence-corrected chi connectivity index (χ4v) is 1.91. The molecule has 2 rings (SSSR count). The van der Waals surface area contributed by atoms with Crippen LogP contribution in [0.5, 0.6) is 5.75 Å². The number of aryl methyl sites for hydroxylation is 1. The summed E-state index contributed by atoms with van der Waals surface area (Å²) in [5.41, 5.74) is 1.42. The van der Waals surface area contributed by atoms with Gasteiger partial charge >= 0.3 is 5.97 Å². The van der Waals surface area contributed by atoms with E-state index in [9.17, 15) is 4.79 Å². The number of carbonyl (C=O) groups is 1. The number of halogens is 1. The number of hydrogen-bond acceptors (Lipinski definition) is 5. The first kappa shape index (κ1) is 17.3. The van der Waals surface area contributed by atoms with Crippen LogP contribution in [0.3, 0.4) is 0 Å². The molecule has 0 bridgehead atoms. The van der Waals surface area contributed by atoms with Gasteiger partial charge < -0.3 is 18.8 Å². The Balaban J connectivity index is 0.00000220. The third kappa shape index (κ3) is 3.89. The molecule has 0 radical (unpaired) electrons. The standard InChI is InChI=1S/C15H19NO4.ClH/c1-10-12-6-5-11(18-4)9-13(12)20-14(10)15(17)19-8-7-16(2)3;/h5-6,9H,7-8H2,1-4H3;1H. The maximum Gasteiger partial charge on any atom is 0.374 e. The summed E-state index contributed by atoms with van der Waals surface area (Å²) in [7, 11) is 5.44. The Kier molecular flexibility index (Phi) is 6.05. The van der Waals surface area contributed by atoms with E-state index >= 15 is 0 Å². The highest BCUT2D eigenvalue weighted by molar-refractivity contribution is 5.96. The van der Waals surface area contributed by atoms with Crippen molar-refractivity contribution in [3.05, 3.63) is 29.5 Å². The summed E-state index contributed by atoms with van der Waals surface area (Å²) in [6.07, 6.45) is 0. The van der Waals surface area contributed by atoms with Crippen LogP contribution in [0, 0.1) is 6.92 Å². The fraction of sp³-hybridized carbons (Fsp3) is 0.400. The first-order chi connectivity index (χ1) is 9.52. The van der Waals surface area contributed by atoms with Crippen molar-refractivity contribution in [2.45, 2.75) is 6.92 Å². The van der Waals surface area contributed by atoms with Crippen LogP contribution >= 0.6 is 12.4 Å². The molecular formula is C15H20ClNO4. The Labute approximate surface area is 130 Å². The minimum absolute atomic E-state index is 0. The summed E-state index contributed by atoms with van der Waals surface area (Å²) in [5.74, 6) is 0.519. The predicted molar refractivity (Wildman–Crippen MR) is 83.6 cm³/mol. The summed E-state index contributed by atoms with van der Waals surface area (Å²) in [6, 6.07) is 5.48. The number of methoxy groups -OCH3 is 1. The Morgan fingerprint density at radius 2 is 2.05 bits per heavy atom. The second kappa shape index (κ2) is 7.33. The summed E-state index contributed by atoms with van der Waals surface area (Å²) in [4.78, 5) is 14.0. The second-order valence-corrected chi connectivity index (χ2v) is 4.86. The van der Waals surface area contributed by atoms with Crippen LogP contribution in [0.25, 0.3) is 11.0 Å². The van der Waals surface area contributed by atoms with Gasteiger partial charge in [0.05, 0.1) is 7.11 Å². The van der Waals surface area contributed by atoms with E-state index in [0.717, 1.165) is 10.9 Å². The van der Waals surface area contributed by atoms with E-state index in [1.165, 1.54) is 0 Å². The Hall–Kier alpha value is -1.72. The molecule has 1 aromatic heterocycles. The molecule has 0 aliphatic rings. The number of benzene rings is 1. The van der Waals surface area contributed by atoms with Gasteiger partial charge in [-0.1, -0.05) is 0 Å². The number of likely N-dealkylation sites (N-methyl/N-ethyl adjacent to an activating group) is 1. The Morgan fingerprint density at radius 3 is 2.67 bits per heavy atom. The van der Waals surface area contributed by atoms with Crippen LogP contribution < -0.4 is 4.74 Å². The topological polar surface area (TPSA) is 51.9 Å². The van der Waals surface area contributed by atoms with Gasteiger partial charge in [-0.25, -0.2) is 4.79 Å².